The second kappa shape index (κ2) is 6.77. The molecule has 1 atom stereocenters. The van der Waals surface area contributed by atoms with Gasteiger partial charge in [-0.15, -0.1) is 0 Å². The van der Waals surface area contributed by atoms with Gasteiger partial charge in [-0.1, -0.05) is 0 Å². The monoisotopic (exact) mass is 331 g/mol. The molecule has 1 aliphatic rings. The Hall–Kier alpha value is -2.77. The number of carbonyl (C=O) groups excluding carboxylic acids is 2. The van der Waals surface area contributed by atoms with E-state index >= 15 is 0 Å². The molecule has 0 aromatic carbocycles. The van der Waals surface area contributed by atoms with Gasteiger partial charge in [-0.3, -0.25) is 14.8 Å². The number of hydrogen-bond donors (Lipinski definition) is 2. The molecule has 1 fully saturated rings. The highest BCUT2D eigenvalue weighted by Crippen LogP contribution is 2.19. The van der Waals surface area contributed by atoms with Crippen LogP contribution in [-0.2, 0) is 18.4 Å². The summed E-state index contributed by atoms with van der Waals surface area (Å²) < 4.78 is 6.80. The van der Waals surface area contributed by atoms with Crippen molar-refractivity contribution in [2.45, 2.75) is 32.4 Å². The number of anilines is 1. The van der Waals surface area contributed by atoms with Gasteiger partial charge >= 0.3 is 6.03 Å². The molecule has 1 saturated heterocycles. The fourth-order valence-electron chi connectivity index (χ4n) is 2.90. The van der Waals surface area contributed by atoms with E-state index in [9.17, 15) is 9.59 Å². The number of rotatable bonds is 4. The first kappa shape index (κ1) is 16.1. The summed E-state index contributed by atoms with van der Waals surface area (Å²) in [6.07, 6.45) is 3.02. The zero-order valence-corrected chi connectivity index (χ0v) is 13.8. The van der Waals surface area contributed by atoms with Gasteiger partial charge in [0.05, 0.1) is 18.5 Å². The molecule has 8 heteroatoms. The first-order valence-electron chi connectivity index (χ1n) is 7.93. The molecule has 2 aromatic heterocycles. The molecule has 0 aliphatic carbocycles. The standard InChI is InChI=1S/C16H21N5O3/c1-11-9-14(20(2)19-11)18-16(23)21-7-3-6-13(21)15(22)17-10-12-5-4-8-24-12/h4-5,8-9,13H,3,6-7,10H2,1-2H3,(H,17,22)(H,18,23)/t13-/m1/s1. The van der Waals surface area contributed by atoms with Crippen molar-refractivity contribution in [2.24, 2.45) is 7.05 Å². The van der Waals surface area contributed by atoms with Crippen LogP contribution in [-0.4, -0.2) is 39.2 Å². The van der Waals surface area contributed by atoms with Crippen LogP contribution in [0.25, 0.3) is 0 Å². The molecule has 3 rings (SSSR count). The predicted molar refractivity (Wildman–Crippen MR) is 87.2 cm³/mol. The lowest BCUT2D eigenvalue weighted by Gasteiger charge is -2.24. The Balaban J connectivity index is 1.60. The Morgan fingerprint density at radius 3 is 2.96 bits per heavy atom. The number of likely N-dealkylation sites (tertiary alicyclic amines) is 1. The van der Waals surface area contributed by atoms with Crippen LogP contribution in [0.3, 0.4) is 0 Å². The molecule has 2 N–H and O–H groups in total. The Kier molecular flexibility index (Phi) is 4.54. The topological polar surface area (TPSA) is 92.4 Å². The van der Waals surface area contributed by atoms with Crippen LogP contribution in [0, 0.1) is 6.92 Å². The third-order valence-electron chi connectivity index (χ3n) is 4.07. The molecular weight excluding hydrogens is 310 g/mol. The van der Waals surface area contributed by atoms with Crippen molar-refractivity contribution in [1.29, 1.82) is 0 Å². The molecule has 2 aromatic rings. The van der Waals surface area contributed by atoms with Crippen LogP contribution in [0.4, 0.5) is 10.6 Å². The molecule has 3 amide bonds. The lowest BCUT2D eigenvalue weighted by molar-refractivity contribution is -0.124. The minimum absolute atomic E-state index is 0.166. The van der Waals surface area contributed by atoms with E-state index in [0.717, 1.165) is 12.1 Å². The zero-order valence-electron chi connectivity index (χ0n) is 13.8. The van der Waals surface area contributed by atoms with Crippen molar-refractivity contribution in [3.05, 3.63) is 35.9 Å². The molecule has 3 heterocycles. The maximum Gasteiger partial charge on any atom is 0.323 e. The van der Waals surface area contributed by atoms with E-state index in [1.807, 2.05) is 6.92 Å². The lowest BCUT2D eigenvalue weighted by Crippen LogP contribution is -2.47. The van der Waals surface area contributed by atoms with Crippen LogP contribution < -0.4 is 10.6 Å². The minimum atomic E-state index is -0.464. The first-order valence-corrected chi connectivity index (χ1v) is 7.93. The van der Waals surface area contributed by atoms with E-state index in [0.29, 0.717) is 31.1 Å². The molecule has 0 saturated carbocycles. The van der Waals surface area contributed by atoms with Gasteiger partial charge < -0.3 is 14.6 Å². The zero-order chi connectivity index (χ0) is 17.1. The van der Waals surface area contributed by atoms with E-state index in [1.165, 1.54) is 0 Å². The maximum atomic E-state index is 12.5. The van der Waals surface area contributed by atoms with Gasteiger partial charge in [-0.2, -0.15) is 5.10 Å². The van der Waals surface area contributed by atoms with Crippen molar-refractivity contribution < 1.29 is 14.0 Å². The fourth-order valence-corrected chi connectivity index (χ4v) is 2.90. The predicted octanol–water partition coefficient (Wildman–Crippen LogP) is 1.63. The van der Waals surface area contributed by atoms with E-state index in [-0.39, 0.29) is 11.9 Å². The second-order valence-electron chi connectivity index (χ2n) is 5.87. The molecule has 0 bridgehead atoms. The summed E-state index contributed by atoms with van der Waals surface area (Å²) in [4.78, 5) is 26.5. The van der Waals surface area contributed by atoms with Gasteiger partial charge in [0.15, 0.2) is 0 Å². The molecule has 24 heavy (non-hydrogen) atoms. The fraction of sp³-hybridized carbons (Fsp3) is 0.438. The lowest BCUT2D eigenvalue weighted by atomic mass is 10.2. The smallest absolute Gasteiger partial charge is 0.323 e. The molecule has 1 aliphatic heterocycles. The molecule has 0 radical (unpaired) electrons. The number of hydrogen-bond acceptors (Lipinski definition) is 4. The number of aromatic nitrogens is 2. The summed E-state index contributed by atoms with van der Waals surface area (Å²) >= 11 is 0. The Bertz CT molecular complexity index is 722. The van der Waals surface area contributed by atoms with Gasteiger partial charge in [0.2, 0.25) is 5.91 Å². The summed E-state index contributed by atoms with van der Waals surface area (Å²) in [5.74, 6) is 1.13. The van der Waals surface area contributed by atoms with Crippen LogP contribution in [0.15, 0.2) is 28.9 Å². The Labute approximate surface area is 139 Å². The first-order chi connectivity index (χ1) is 11.5. The number of nitrogens with zero attached hydrogens (tertiary/aromatic N) is 3. The average molecular weight is 331 g/mol. The molecule has 128 valence electrons. The Morgan fingerprint density at radius 2 is 2.29 bits per heavy atom. The summed E-state index contributed by atoms with van der Waals surface area (Å²) in [5.41, 5.74) is 0.821. The van der Waals surface area contributed by atoms with Crippen LogP contribution >= 0.6 is 0 Å². The highest BCUT2D eigenvalue weighted by molar-refractivity contribution is 5.93. The SMILES string of the molecule is Cc1cc(NC(=O)N2CCC[C@@H]2C(=O)NCc2ccco2)n(C)n1. The van der Waals surface area contributed by atoms with Gasteiger partial charge in [0.25, 0.3) is 0 Å². The summed E-state index contributed by atoms with van der Waals surface area (Å²) in [7, 11) is 1.76. The molecule has 0 spiro atoms. The largest absolute Gasteiger partial charge is 0.467 e. The summed E-state index contributed by atoms with van der Waals surface area (Å²) in [6.45, 7) is 2.73. The summed E-state index contributed by atoms with van der Waals surface area (Å²) in [5, 5.41) is 9.83. The third kappa shape index (κ3) is 3.42. The van der Waals surface area contributed by atoms with E-state index in [2.05, 4.69) is 15.7 Å². The van der Waals surface area contributed by atoms with E-state index < -0.39 is 6.04 Å². The molecule has 8 nitrogen and oxygen atoms in total. The highest BCUT2D eigenvalue weighted by Gasteiger charge is 2.34. The van der Waals surface area contributed by atoms with Crippen molar-refractivity contribution in [2.75, 3.05) is 11.9 Å². The van der Waals surface area contributed by atoms with Crippen LogP contribution in [0.2, 0.25) is 0 Å². The van der Waals surface area contributed by atoms with Crippen molar-refractivity contribution in [3.63, 3.8) is 0 Å². The van der Waals surface area contributed by atoms with Crippen molar-refractivity contribution in [3.8, 4) is 0 Å². The van der Waals surface area contributed by atoms with Crippen molar-refractivity contribution >= 4 is 17.8 Å². The number of aryl methyl sites for hydroxylation is 2. The van der Waals surface area contributed by atoms with Crippen LogP contribution in [0.5, 0.6) is 0 Å². The van der Waals surface area contributed by atoms with E-state index in [4.69, 9.17) is 4.42 Å². The van der Waals surface area contributed by atoms with Crippen molar-refractivity contribution in [1.82, 2.24) is 20.0 Å². The number of carbonyl (C=O) groups is 2. The van der Waals surface area contributed by atoms with E-state index in [1.54, 1.807) is 41.1 Å². The minimum Gasteiger partial charge on any atom is -0.467 e. The molecule has 0 unspecified atom stereocenters. The number of amides is 3. The maximum absolute atomic E-state index is 12.5. The number of nitrogens with one attached hydrogen (secondary N) is 2. The van der Waals surface area contributed by atoms with Gasteiger partial charge in [0, 0.05) is 19.7 Å². The number of furan rings is 1. The van der Waals surface area contributed by atoms with Gasteiger partial charge in [-0.05, 0) is 31.9 Å². The average Bonchev–Trinajstić information content (AvgIpc) is 3.26. The highest BCUT2D eigenvalue weighted by atomic mass is 16.3. The van der Waals surface area contributed by atoms with Gasteiger partial charge in [-0.25, -0.2) is 4.79 Å². The second-order valence-corrected chi connectivity index (χ2v) is 5.87. The quantitative estimate of drug-likeness (QED) is 0.891. The number of urea groups is 1. The normalized spacial score (nSPS) is 17.1. The van der Waals surface area contributed by atoms with Crippen LogP contribution in [0.1, 0.15) is 24.3 Å². The summed E-state index contributed by atoms with van der Waals surface area (Å²) in [6, 6.07) is 4.61. The third-order valence-corrected chi connectivity index (χ3v) is 4.07. The molecular formula is C16H21N5O3. The Morgan fingerprint density at radius 1 is 1.46 bits per heavy atom. The van der Waals surface area contributed by atoms with Gasteiger partial charge in [0.1, 0.15) is 17.6 Å².